The van der Waals surface area contributed by atoms with Gasteiger partial charge in [0.15, 0.2) is 0 Å². The molecule has 0 spiro atoms. The fourth-order valence-corrected chi connectivity index (χ4v) is 2.91. The fraction of sp³-hybridized carbons (Fsp3) is 0.391. The van der Waals surface area contributed by atoms with Gasteiger partial charge in [0.05, 0.1) is 17.7 Å². The second kappa shape index (κ2) is 11.4. The summed E-state index contributed by atoms with van der Waals surface area (Å²) in [5.74, 6) is -2.00. The first-order valence-electron chi connectivity index (χ1n) is 9.93. The first-order valence-corrected chi connectivity index (χ1v) is 9.93. The standard InChI is InChI=1S/C23H25F3O4/c1-2-3-4-5-11-16-29-21(27)18-14-9-10-15-19(18)22(28)30-20(23(24,25)26)17-12-7-6-8-13-17/h6-10,12-15,20H,2-5,11,16H2,1H3. The third-order valence-electron chi connectivity index (χ3n) is 4.47. The molecule has 162 valence electrons. The molecule has 2 aromatic carbocycles. The maximum Gasteiger partial charge on any atom is 0.429 e. The zero-order valence-electron chi connectivity index (χ0n) is 16.8. The number of unbranched alkanes of at least 4 members (excludes halogenated alkanes) is 4. The molecule has 0 saturated carbocycles. The predicted molar refractivity (Wildman–Crippen MR) is 106 cm³/mol. The van der Waals surface area contributed by atoms with Crippen LogP contribution in [-0.2, 0) is 9.47 Å². The minimum absolute atomic E-state index is 0.120. The lowest BCUT2D eigenvalue weighted by molar-refractivity contribution is -0.207. The van der Waals surface area contributed by atoms with Crippen molar-refractivity contribution < 1.29 is 32.2 Å². The second-order valence-electron chi connectivity index (χ2n) is 6.83. The predicted octanol–water partition coefficient (Wildman–Crippen LogP) is 6.27. The van der Waals surface area contributed by atoms with Crippen molar-refractivity contribution in [1.29, 1.82) is 0 Å². The summed E-state index contributed by atoms with van der Waals surface area (Å²) in [6.07, 6.45) is -2.41. The van der Waals surface area contributed by atoms with Crippen LogP contribution in [0.3, 0.4) is 0 Å². The van der Waals surface area contributed by atoms with E-state index in [-0.39, 0.29) is 23.3 Å². The molecule has 0 aliphatic carbocycles. The van der Waals surface area contributed by atoms with Crippen molar-refractivity contribution >= 4 is 11.9 Å². The quantitative estimate of drug-likeness (QED) is 0.334. The number of rotatable bonds is 10. The molecule has 0 aromatic heterocycles. The van der Waals surface area contributed by atoms with Crippen LogP contribution >= 0.6 is 0 Å². The molecule has 2 aromatic rings. The van der Waals surface area contributed by atoms with Gasteiger partial charge in [-0.15, -0.1) is 0 Å². The number of alkyl halides is 3. The van der Waals surface area contributed by atoms with Crippen LogP contribution in [0, 0.1) is 0 Å². The molecule has 0 amide bonds. The topological polar surface area (TPSA) is 52.6 Å². The second-order valence-corrected chi connectivity index (χ2v) is 6.83. The van der Waals surface area contributed by atoms with Gasteiger partial charge >= 0.3 is 18.1 Å². The summed E-state index contributed by atoms with van der Waals surface area (Å²) < 4.78 is 50.4. The number of ether oxygens (including phenoxy) is 2. The largest absolute Gasteiger partial charge is 0.462 e. The smallest absolute Gasteiger partial charge is 0.429 e. The van der Waals surface area contributed by atoms with Crippen molar-refractivity contribution in [3.05, 3.63) is 71.3 Å². The Morgan fingerprint density at radius 2 is 1.40 bits per heavy atom. The molecular formula is C23H25F3O4. The van der Waals surface area contributed by atoms with Gasteiger partial charge in [-0.25, -0.2) is 9.59 Å². The van der Waals surface area contributed by atoms with Gasteiger partial charge in [0.1, 0.15) is 0 Å². The van der Waals surface area contributed by atoms with Crippen LogP contribution in [0.5, 0.6) is 0 Å². The molecular weight excluding hydrogens is 397 g/mol. The van der Waals surface area contributed by atoms with E-state index in [4.69, 9.17) is 9.47 Å². The van der Waals surface area contributed by atoms with Gasteiger partial charge in [-0.2, -0.15) is 13.2 Å². The first kappa shape index (κ1) is 23.4. The molecule has 1 atom stereocenters. The van der Waals surface area contributed by atoms with Crippen LogP contribution in [0.2, 0.25) is 0 Å². The summed E-state index contributed by atoms with van der Waals surface area (Å²) in [6.45, 7) is 2.28. The highest BCUT2D eigenvalue weighted by atomic mass is 19.4. The highest BCUT2D eigenvalue weighted by molar-refractivity contribution is 6.03. The number of carbonyl (C=O) groups excluding carboxylic acids is 2. The third kappa shape index (κ3) is 6.90. The molecule has 0 fully saturated rings. The van der Waals surface area contributed by atoms with Crippen molar-refractivity contribution in [2.24, 2.45) is 0 Å². The lowest BCUT2D eigenvalue weighted by Gasteiger charge is -2.21. The molecule has 1 unspecified atom stereocenters. The van der Waals surface area contributed by atoms with Crippen LogP contribution in [0.25, 0.3) is 0 Å². The number of hydrogen-bond acceptors (Lipinski definition) is 4. The zero-order chi connectivity index (χ0) is 22.0. The average molecular weight is 422 g/mol. The third-order valence-corrected chi connectivity index (χ3v) is 4.47. The highest BCUT2D eigenvalue weighted by Crippen LogP contribution is 2.36. The average Bonchev–Trinajstić information content (AvgIpc) is 2.74. The van der Waals surface area contributed by atoms with Gasteiger partial charge in [0.2, 0.25) is 6.10 Å². The highest BCUT2D eigenvalue weighted by Gasteiger charge is 2.44. The van der Waals surface area contributed by atoms with Crippen LogP contribution in [-0.4, -0.2) is 24.7 Å². The zero-order valence-corrected chi connectivity index (χ0v) is 16.8. The fourth-order valence-electron chi connectivity index (χ4n) is 2.91. The van der Waals surface area contributed by atoms with Crippen molar-refractivity contribution in [3.63, 3.8) is 0 Å². The molecule has 0 radical (unpaired) electrons. The van der Waals surface area contributed by atoms with E-state index < -0.39 is 24.2 Å². The molecule has 0 saturated heterocycles. The number of halogens is 3. The van der Waals surface area contributed by atoms with E-state index in [9.17, 15) is 22.8 Å². The maximum atomic E-state index is 13.5. The lowest BCUT2D eigenvalue weighted by Crippen LogP contribution is -2.27. The summed E-state index contributed by atoms with van der Waals surface area (Å²) in [4.78, 5) is 24.9. The Hall–Kier alpha value is -2.83. The van der Waals surface area contributed by atoms with Crippen LogP contribution in [0.4, 0.5) is 13.2 Å². The molecule has 0 aliphatic heterocycles. The van der Waals surface area contributed by atoms with Crippen molar-refractivity contribution in [2.45, 2.75) is 51.3 Å². The number of benzene rings is 2. The van der Waals surface area contributed by atoms with E-state index in [1.165, 1.54) is 48.5 Å². The van der Waals surface area contributed by atoms with E-state index in [2.05, 4.69) is 6.92 Å². The van der Waals surface area contributed by atoms with Gasteiger partial charge in [-0.3, -0.25) is 0 Å². The van der Waals surface area contributed by atoms with E-state index in [1.54, 1.807) is 6.07 Å². The van der Waals surface area contributed by atoms with Crippen LogP contribution in [0.15, 0.2) is 54.6 Å². The van der Waals surface area contributed by atoms with Crippen molar-refractivity contribution in [1.82, 2.24) is 0 Å². The molecule has 0 aliphatic rings. The molecule has 0 heterocycles. The van der Waals surface area contributed by atoms with Gasteiger partial charge < -0.3 is 9.47 Å². The Bertz CT molecular complexity index is 819. The van der Waals surface area contributed by atoms with Gasteiger partial charge in [0.25, 0.3) is 0 Å². The summed E-state index contributed by atoms with van der Waals surface area (Å²) in [5.41, 5.74) is -0.589. The molecule has 4 nitrogen and oxygen atoms in total. The summed E-state index contributed by atoms with van der Waals surface area (Å²) in [7, 11) is 0. The van der Waals surface area contributed by atoms with E-state index in [0.29, 0.717) is 6.42 Å². The lowest BCUT2D eigenvalue weighted by atomic mass is 10.1. The van der Waals surface area contributed by atoms with Crippen LogP contribution < -0.4 is 0 Å². The monoisotopic (exact) mass is 422 g/mol. The first-order chi connectivity index (χ1) is 14.3. The molecule has 0 N–H and O–H groups in total. The van der Waals surface area contributed by atoms with Crippen molar-refractivity contribution in [3.8, 4) is 0 Å². The summed E-state index contributed by atoms with van der Waals surface area (Å²) >= 11 is 0. The van der Waals surface area contributed by atoms with Crippen molar-refractivity contribution in [2.75, 3.05) is 6.61 Å². The molecule has 7 heteroatoms. The normalized spacial score (nSPS) is 12.3. The number of hydrogen-bond donors (Lipinski definition) is 0. The minimum atomic E-state index is -4.80. The van der Waals surface area contributed by atoms with Gasteiger partial charge in [-0.05, 0) is 18.6 Å². The Balaban J connectivity index is 2.09. The Morgan fingerprint density at radius 1 is 0.833 bits per heavy atom. The Labute approximate surface area is 174 Å². The van der Waals surface area contributed by atoms with E-state index in [0.717, 1.165) is 25.7 Å². The van der Waals surface area contributed by atoms with Gasteiger partial charge in [0, 0.05) is 5.56 Å². The molecule has 30 heavy (non-hydrogen) atoms. The maximum absolute atomic E-state index is 13.5. The molecule has 0 bridgehead atoms. The SMILES string of the molecule is CCCCCCCOC(=O)c1ccccc1C(=O)OC(c1ccccc1)C(F)(F)F. The number of carbonyl (C=O) groups is 2. The van der Waals surface area contributed by atoms with E-state index >= 15 is 0 Å². The Morgan fingerprint density at radius 3 is 2.00 bits per heavy atom. The Kier molecular flexibility index (Phi) is 8.89. The van der Waals surface area contributed by atoms with Gasteiger partial charge in [-0.1, -0.05) is 75.1 Å². The summed E-state index contributed by atoms with van der Waals surface area (Å²) in [6, 6.07) is 12.4. The molecule has 2 rings (SSSR count). The minimum Gasteiger partial charge on any atom is -0.462 e. The van der Waals surface area contributed by atoms with E-state index in [1.807, 2.05) is 0 Å². The summed E-state index contributed by atoms with van der Waals surface area (Å²) in [5, 5.41) is 0. The number of esters is 2. The van der Waals surface area contributed by atoms with Crippen LogP contribution in [0.1, 0.15) is 71.4 Å².